The Kier molecular flexibility index (Phi) is 4.30. The molecule has 1 heterocycles. The molecule has 2 aromatic rings. The molecule has 6 heteroatoms. The largest absolute Gasteiger partial charge is 0.423 e. The number of hydrogen-bond donors (Lipinski definition) is 0. The minimum absolute atomic E-state index is 0.116. The lowest BCUT2D eigenvalue weighted by Crippen LogP contribution is -2.00. The van der Waals surface area contributed by atoms with Crippen LogP contribution in [0.3, 0.4) is 0 Å². The summed E-state index contributed by atoms with van der Waals surface area (Å²) in [5.41, 5.74) is 1.28. The molecule has 0 saturated heterocycles. The summed E-state index contributed by atoms with van der Waals surface area (Å²) in [5, 5.41) is 0. The summed E-state index contributed by atoms with van der Waals surface area (Å²) >= 11 is 0. The van der Waals surface area contributed by atoms with Crippen molar-refractivity contribution >= 4 is 27.0 Å². The molecule has 0 aromatic heterocycles. The van der Waals surface area contributed by atoms with E-state index in [1.54, 1.807) is 37.3 Å². The van der Waals surface area contributed by atoms with Crippen molar-refractivity contribution in [2.45, 2.75) is 11.8 Å². The highest BCUT2D eigenvalue weighted by atomic mass is 32.2. The van der Waals surface area contributed by atoms with E-state index in [4.69, 9.17) is 4.74 Å². The first-order chi connectivity index (χ1) is 11.8. The summed E-state index contributed by atoms with van der Waals surface area (Å²) in [6.07, 6.45) is 2.59. The van der Waals surface area contributed by atoms with E-state index in [9.17, 15) is 17.6 Å². The number of halogens is 1. The summed E-state index contributed by atoms with van der Waals surface area (Å²) < 4.78 is 43.1. The van der Waals surface area contributed by atoms with E-state index in [2.05, 4.69) is 0 Å². The molecule has 3 rings (SSSR count). The van der Waals surface area contributed by atoms with Crippen molar-refractivity contribution in [1.82, 2.24) is 0 Å². The third-order valence-corrected chi connectivity index (χ3v) is 4.98. The molecule has 0 amide bonds. The standard InChI is InChI=1S/C19H15FO4S/c1-3-16-18(14-10-9-13(11-15(14)20)25(2,22)23)17(19(21)24-16)12-7-5-4-6-8-12/h3-11H,1-2H3. The Morgan fingerprint density at radius 2 is 1.72 bits per heavy atom. The second kappa shape index (κ2) is 6.29. The summed E-state index contributed by atoms with van der Waals surface area (Å²) in [6.45, 7) is 1.68. The van der Waals surface area contributed by atoms with Gasteiger partial charge in [-0.3, -0.25) is 0 Å². The molecule has 128 valence electrons. The van der Waals surface area contributed by atoms with Crippen molar-refractivity contribution in [1.29, 1.82) is 0 Å². The molecule has 0 aliphatic carbocycles. The maximum atomic E-state index is 14.7. The predicted molar refractivity (Wildman–Crippen MR) is 92.6 cm³/mol. The van der Waals surface area contributed by atoms with Gasteiger partial charge in [0.25, 0.3) is 0 Å². The lowest BCUT2D eigenvalue weighted by atomic mass is 9.94. The zero-order chi connectivity index (χ0) is 18.2. The average Bonchev–Trinajstić information content (AvgIpc) is 2.91. The molecular formula is C19H15FO4S. The number of carbonyl (C=O) groups is 1. The van der Waals surface area contributed by atoms with Gasteiger partial charge in [0, 0.05) is 17.4 Å². The maximum absolute atomic E-state index is 14.7. The maximum Gasteiger partial charge on any atom is 0.344 e. The van der Waals surface area contributed by atoms with Crippen LogP contribution in [-0.2, 0) is 19.4 Å². The van der Waals surface area contributed by atoms with Gasteiger partial charge < -0.3 is 4.74 Å². The molecule has 0 bridgehead atoms. The Labute approximate surface area is 145 Å². The van der Waals surface area contributed by atoms with Crippen LogP contribution in [0.25, 0.3) is 11.1 Å². The minimum Gasteiger partial charge on any atom is -0.423 e. The van der Waals surface area contributed by atoms with Crippen molar-refractivity contribution in [3.05, 3.63) is 77.3 Å². The van der Waals surface area contributed by atoms with Crippen LogP contribution in [0.5, 0.6) is 0 Å². The van der Waals surface area contributed by atoms with Gasteiger partial charge in [-0.05, 0) is 36.8 Å². The first-order valence-corrected chi connectivity index (χ1v) is 9.40. The number of cyclic esters (lactones) is 1. The van der Waals surface area contributed by atoms with Gasteiger partial charge in [-0.25, -0.2) is 17.6 Å². The van der Waals surface area contributed by atoms with Crippen LogP contribution in [-0.4, -0.2) is 20.6 Å². The van der Waals surface area contributed by atoms with Crippen molar-refractivity contribution < 1.29 is 22.3 Å². The molecule has 0 radical (unpaired) electrons. The van der Waals surface area contributed by atoms with Crippen LogP contribution < -0.4 is 0 Å². The third kappa shape index (κ3) is 3.13. The van der Waals surface area contributed by atoms with Crippen LogP contribution in [0.15, 0.2) is 65.3 Å². The number of ether oxygens (including phenoxy) is 1. The van der Waals surface area contributed by atoms with Crippen molar-refractivity contribution in [2.24, 2.45) is 0 Å². The topological polar surface area (TPSA) is 60.4 Å². The molecule has 0 N–H and O–H groups in total. The second-order valence-electron chi connectivity index (χ2n) is 5.57. The number of esters is 1. The number of sulfone groups is 1. The fraction of sp³-hybridized carbons (Fsp3) is 0.105. The van der Waals surface area contributed by atoms with E-state index in [0.29, 0.717) is 11.1 Å². The Hall–Kier alpha value is -2.73. The van der Waals surface area contributed by atoms with Crippen LogP contribution in [0, 0.1) is 5.82 Å². The third-order valence-electron chi connectivity index (χ3n) is 3.87. The number of benzene rings is 2. The monoisotopic (exact) mass is 358 g/mol. The summed E-state index contributed by atoms with van der Waals surface area (Å²) in [6, 6.07) is 12.4. The highest BCUT2D eigenvalue weighted by Gasteiger charge is 2.33. The molecule has 0 atom stereocenters. The van der Waals surface area contributed by atoms with Gasteiger partial charge >= 0.3 is 5.97 Å². The van der Waals surface area contributed by atoms with Crippen molar-refractivity contribution in [3.63, 3.8) is 0 Å². The van der Waals surface area contributed by atoms with E-state index in [0.717, 1.165) is 12.3 Å². The fourth-order valence-corrected chi connectivity index (χ4v) is 3.33. The molecule has 2 aromatic carbocycles. The number of rotatable bonds is 3. The Balaban J connectivity index is 2.28. The van der Waals surface area contributed by atoms with Gasteiger partial charge in [-0.15, -0.1) is 0 Å². The van der Waals surface area contributed by atoms with Gasteiger partial charge in [0.1, 0.15) is 11.6 Å². The van der Waals surface area contributed by atoms with E-state index in [1.807, 2.05) is 6.07 Å². The Morgan fingerprint density at radius 1 is 1.04 bits per heavy atom. The van der Waals surface area contributed by atoms with E-state index >= 15 is 0 Å². The highest BCUT2D eigenvalue weighted by molar-refractivity contribution is 7.90. The van der Waals surface area contributed by atoms with Crippen LogP contribution in [0.1, 0.15) is 18.1 Å². The SMILES string of the molecule is CC=C1OC(=O)C(c2ccccc2)=C1c1ccc(S(C)(=O)=O)cc1F. The van der Waals surface area contributed by atoms with Gasteiger partial charge in [-0.1, -0.05) is 30.3 Å². The Morgan fingerprint density at radius 3 is 2.28 bits per heavy atom. The molecule has 0 unspecified atom stereocenters. The van der Waals surface area contributed by atoms with E-state index < -0.39 is 21.6 Å². The first kappa shape index (κ1) is 17.1. The normalized spacial score (nSPS) is 16.4. The Bertz CT molecular complexity index is 1020. The lowest BCUT2D eigenvalue weighted by molar-refractivity contribution is -0.131. The van der Waals surface area contributed by atoms with Gasteiger partial charge in [0.15, 0.2) is 9.84 Å². The van der Waals surface area contributed by atoms with Gasteiger partial charge in [0.05, 0.1) is 10.5 Å². The molecule has 0 fully saturated rings. The van der Waals surface area contributed by atoms with Crippen molar-refractivity contribution in [2.75, 3.05) is 6.26 Å². The molecule has 1 aliphatic rings. The number of carbonyl (C=O) groups excluding carboxylic acids is 1. The molecule has 1 aliphatic heterocycles. The van der Waals surface area contributed by atoms with Gasteiger partial charge in [-0.2, -0.15) is 0 Å². The molecule has 0 saturated carbocycles. The number of allylic oxidation sites excluding steroid dienone is 2. The molecule has 0 spiro atoms. The van der Waals surface area contributed by atoms with Crippen molar-refractivity contribution in [3.8, 4) is 0 Å². The average molecular weight is 358 g/mol. The fourth-order valence-electron chi connectivity index (χ4n) is 2.69. The summed E-state index contributed by atoms with van der Waals surface area (Å²) in [7, 11) is -3.53. The number of hydrogen-bond acceptors (Lipinski definition) is 4. The second-order valence-corrected chi connectivity index (χ2v) is 7.59. The van der Waals surface area contributed by atoms with Gasteiger partial charge in [0.2, 0.25) is 0 Å². The van der Waals surface area contributed by atoms with Crippen LogP contribution >= 0.6 is 0 Å². The zero-order valence-corrected chi connectivity index (χ0v) is 14.4. The first-order valence-electron chi connectivity index (χ1n) is 7.51. The van der Waals surface area contributed by atoms with Crippen LogP contribution in [0.2, 0.25) is 0 Å². The van der Waals surface area contributed by atoms with E-state index in [-0.39, 0.29) is 21.8 Å². The highest BCUT2D eigenvalue weighted by Crippen LogP contribution is 2.40. The summed E-state index contributed by atoms with van der Waals surface area (Å²) in [4.78, 5) is 12.2. The summed E-state index contributed by atoms with van der Waals surface area (Å²) in [5.74, 6) is -1.06. The minimum atomic E-state index is -3.53. The quantitative estimate of drug-likeness (QED) is 0.787. The molecule has 25 heavy (non-hydrogen) atoms. The van der Waals surface area contributed by atoms with E-state index in [1.165, 1.54) is 12.1 Å². The zero-order valence-electron chi connectivity index (χ0n) is 13.6. The van der Waals surface area contributed by atoms with Crippen LogP contribution in [0.4, 0.5) is 4.39 Å². The molecule has 4 nitrogen and oxygen atoms in total. The predicted octanol–water partition coefficient (Wildman–Crippen LogP) is 3.60. The smallest absolute Gasteiger partial charge is 0.344 e. The lowest BCUT2D eigenvalue weighted by Gasteiger charge is -2.09. The molecular weight excluding hydrogens is 343 g/mol.